The first-order valence-corrected chi connectivity index (χ1v) is 7.51. The maximum absolute atomic E-state index is 9.74. The number of rotatable bonds is 1. The van der Waals surface area contributed by atoms with Gasteiger partial charge in [0.1, 0.15) is 23.4 Å². The van der Waals surface area contributed by atoms with Crippen LogP contribution in [0.15, 0.2) is 42.5 Å². The van der Waals surface area contributed by atoms with Crippen LogP contribution in [0.2, 0.25) is 0 Å². The lowest BCUT2D eigenvalue weighted by Crippen LogP contribution is -2.26. The molecule has 2 N–H and O–H groups in total. The van der Waals surface area contributed by atoms with Crippen LogP contribution in [0.3, 0.4) is 0 Å². The number of phenols is 2. The zero-order chi connectivity index (χ0) is 14.4. The number of phenolic OH excluding ortho intramolecular Hbond substituents is 2. The number of benzene rings is 2. The van der Waals surface area contributed by atoms with Crippen molar-refractivity contribution in [2.75, 3.05) is 0 Å². The zero-order valence-corrected chi connectivity index (χ0v) is 11.7. The van der Waals surface area contributed by atoms with E-state index in [1.807, 2.05) is 24.3 Å². The van der Waals surface area contributed by atoms with Crippen LogP contribution in [-0.4, -0.2) is 10.2 Å². The Morgan fingerprint density at radius 3 is 2.48 bits per heavy atom. The van der Waals surface area contributed by atoms with Gasteiger partial charge in [-0.1, -0.05) is 18.6 Å². The van der Waals surface area contributed by atoms with Crippen LogP contribution in [0.5, 0.6) is 17.2 Å². The maximum Gasteiger partial charge on any atom is 0.127 e. The van der Waals surface area contributed by atoms with Gasteiger partial charge in [0.2, 0.25) is 0 Å². The van der Waals surface area contributed by atoms with Gasteiger partial charge in [-0.2, -0.15) is 0 Å². The number of hydrogen-bond donors (Lipinski definition) is 2. The summed E-state index contributed by atoms with van der Waals surface area (Å²) in [5.41, 5.74) is 2.26. The Bertz CT molecular complexity index is 663. The lowest BCUT2D eigenvalue weighted by molar-refractivity contribution is 0.104. The molecule has 0 amide bonds. The fourth-order valence-corrected chi connectivity index (χ4v) is 3.87. The molecule has 3 heteroatoms. The van der Waals surface area contributed by atoms with E-state index in [9.17, 15) is 10.2 Å². The molecular weight excluding hydrogens is 264 g/mol. The average molecular weight is 282 g/mol. The molecular formula is C18H18O3. The Morgan fingerprint density at radius 2 is 1.67 bits per heavy atom. The van der Waals surface area contributed by atoms with E-state index >= 15 is 0 Å². The molecule has 1 saturated carbocycles. The summed E-state index contributed by atoms with van der Waals surface area (Å²) in [7, 11) is 0. The number of aromatic hydroxyl groups is 2. The second kappa shape index (κ2) is 4.69. The summed E-state index contributed by atoms with van der Waals surface area (Å²) < 4.78 is 6.23. The van der Waals surface area contributed by atoms with E-state index in [-0.39, 0.29) is 11.9 Å². The van der Waals surface area contributed by atoms with Gasteiger partial charge in [0.05, 0.1) is 0 Å². The third-order valence-electron chi connectivity index (χ3n) is 4.83. The summed E-state index contributed by atoms with van der Waals surface area (Å²) in [6.07, 6.45) is 3.53. The molecule has 1 aliphatic heterocycles. The third kappa shape index (κ3) is 2.04. The van der Waals surface area contributed by atoms with E-state index in [2.05, 4.69) is 0 Å². The molecule has 0 spiro atoms. The molecule has 0 bridgehead atoms. The molecule has 0 aromatic heterocycles. The van der Waals surface area contributed by atoms with E-state index in [0.717, 1.165) is 29.7 Å². The minimum Gasteiger partial charge on any atom is -0.508 e. The summed E-state index contributed by atoms with van der Waals surface area (Å²) in [6, 6.07) is 12.7. The highest BCUT2D eigenvalue weighted by Crippen LogP contribution is 2.54. The normalized spacial score (nSPS) is 26.8. The van der Waals surface area contributed by atoms with Gasteiger partial charge in [0.15, 0.2) is 0 Å². The van der Waals surface area contributed by atoms with E-state index in [1.54, 1.807) is 18.2 Å². The van der Waals surface area contributed by atoms with Gasteiger partial charge in [0, 0.05) is 11.5 Å². The molecule has 0 radical (unpaired) electrons. The second-order valence-corrected chi connectivity index (χ2v) is 6.05. The van der Waals surface area contributed by atoms with E-state index < -0.39 is 0 Å². The van der Waals surface area contributed by atoms with E-state index in [1.165, 1.54) is 6.42 Å². The van der Waals surface area contributed by atoms with Crippen molar-refractivity contribution in [3.63, 3.8) is 0 Å². The van der Waals surface area contributed by atoms with Gasteiger partial charge >= 0.3 is 0 Å². The van der Waals surface area contributed by atoms with Gasteiger partial charge in [-0.05, 0) is 54.7 Å². The predicted octanol–water partition coefficient (Wildman–Crippen LogP) is 4.12. The first-order chi connectivity index (χ1) is 10.2. The number of ether oxygens (including phenoxy) is 1. The lowest BCUT2D eigenvalue weighted by atomic mass is 9.80. The number of hydrogen-bond acceptors (Lipinski definition) is 3. The fourth-order valence-electron chi connectivity index (χ4n) is 3.87. The number of fused-ring (bicyclic) bond motifs is 3. The molecule has 108 valence electrons. The van der Waals surface area contributed by atoms with Crippen molar-refractivity contribution >= 4 is 0 Å². The Morgan fingerprint density at radius 1 is 0.905 bits per heavy atom. The molecule has 1 heterocycles. The van der Waals surface area contributed by atoms with Crippen molar-refractivity contribution in [1.82, 2.24) is 0 Å². The van der Waals surface area contributed by atoms with Crippen LogP contribution < -0.4 is 4.74 Å². The Labute approximate surface area is 123 Å². The van der Waals surface area contributed by atoms with E-state index in [4.69, 9.17) is 4.74 Å². The monoisotopic (exact) mass is 282 g/mol. The summed E-state index contributed by atoms with van der Waals surface area (Å²) in [5.74, 6) is 2.38. The van der Waals surface area contributed by atoms with Crippen LogP contribution in [-0.2, 0) is 0 Å². The summed E-state index contributed by atoms with van der Waals surface area (Å²) in [6.45, 7) is 0. The smallest absolute Gasteiger partial charge is 0.127 e. The summed E-state index contributed by atoms with van der Waals surface area (Å²) in [4.78, 5) is 0. The van der Waals surface area contributed by atoms with Gasteiger partial charge < -0.3 is 14.9 Å². The molecule has 21 heavy (non-hydrogen) atoms. The first kappa shape index (κ1) is 12.6. The highest BCUT2D eigenvalue weighted by molar-refractivity contribution is 5.45. The van der Waals surface area contributed by atoms with Gasteiger partial charge in [-0.25, -0.2) is 0 Å². The molecule has 4 rings (SSSR count). The largest absolute Gasteiger partial charge is 0.508 e. The third-order valence-corrected chi connectivity index (χ3v) is 4.83. The van der Waals surface area contributed by atoms with Crippen molar-refractivity contribution in [2.45, 2.75) is 31.3 Å². The van der Waals surface area contributed by atoms with Gasteiger partial charge in [0.25, 0.3) is 0 Å². The van der Waals surface area contributed by atoms with Crippen LogP contribution in [0.1, 0.15) is 42.4 Å². The van der Waals surface area contributed by atoms with Crippen LogP contribution in [0.4, 0.5) is 0 Å². The Kier molecular flexibility index (Phi) is 2.81. The molecule has 2 aliphatic rings. The molecule has 3 atom stereocenters. The van der Waals surface area contributed by atoms with Gasteiger partial charge in [-0.15, -0.1) is 0 Å². The van der Waals surface area contributed by atoms with Crippen molar-refractivity contribution < 1.29 is 14.9 Å². The summed E-state index contributed by atoms with van der Waals surface area (Å²) in [5, 5.41) is 19.2. The lowest BCUT2D eigenvalue weighted by Gasteiger charge is -2.36. The minimum atomic E-state index is 0.0372. The van der Waals surface area contributed by atoms with Crippen LogP contribution in [0.25, 0.3) is 0 Å². The standard InChI is InChI=1S/C18H18O3/c19-12-6-4-11(5-7-12)18-15-3-1-2-14(15)16-10-13(20)8-9-17(16)21-18/h4-10,14-15,18-20H,1-3H2/t14?,15-,18?/m1/s1. The molecule has 1 fully saturated rings. The molecule has 3 nitrogen and oxygen atoms in total. The predicted molar refractivity (Wildman–Crippen MR) is 79.7 cm³/mol. The molecule has 0 saturated heterocycles. The molecule has 2 aromatic rings. The first-order valence-electron chi connectivity index (χ1n) is 7.51. The average Bonchev–Trinajstić information content (AvgIpc) is 2.97. The molecule has 1 aliphatic carbocycles. The van der Waals surface area contributed by atoms with E-state index in [0.29, 0.717) is 17.6 Å². The highest BCUT2D eigenvalue weighted by atomic mass is 16.5. The zero-order valence-electron chi connectivity index (χ0n) is 11.7. The summed E-state index contributed by atoms with van der Waals surface area (Å²) >= 11 is 0. The van der Waals surface area contributed by atoms with Crippen LogP contribution >= 0.6 is 0 Å². The minimum absolute atomic E-state index is 0.0372. The van der Waals surface area contributed by atoms with Crippen molar-refractivity contribution in [3.05, 3.63) is 53.6 Å². The topological polar surface area (TPSA) is 49.7 Å². The van der Waals surface area contributed by atoms with Crippen molar-refractivity contribution in [2.24, 2.45) is 5.92 Å². The van der Waals surface area contributed by atoms with Gasteiger partial charge in [-0.3, -0.25) is 0 Å². The van der Waals surface area contributed by atoms with Crippen molar-refractivity contribution in [3.8, 4) is 17.2 Å². The quantitative estimate of drug-likeness (QED) is 0.827. The van der Waals surface area contributed by atoms with Crippen molar-refractivity contribution in [1.29, 1.82) is 0 Å². The van der Waals surface area contributed by atoms with Crippen LogP contribution in [0, 0.1) is 5.92 Å². The SMILES string of the molecule is Oc1ccc(C2Oc3ccc(O)cc3C3CCC[C@H]32)cc1. The molecule has 2 unspecified atom stereocenters. The Balaban J connectivity index is 1.77. The second-order valence-electron chi connectivity index (χ2n) is 6.05. The molecule has 2 aromatic carbocycles. The highest BCUT2D eigenvalue weighted by Gasteiger charge is 2.41. The maximum atomic E-state index is 9.74. The fraction of sp³-hybridized carbons (Fsp3) is 0.333. The Hall–Kier alpha value is -2.16.